The fourth-order valence-corrected chi connectivity index (χ4v) is 4.57. The second kappa shape index (κ2) is 9.27. The Bertz CT molecular complexity index is 1100. The van der Waals surface area contributed by atoms with E-state index in [0.717, 1.165) is 21.9 Å². The molecule has 1 aliphatic heterocycles. The van der Waals surface area contributed by atoms with Gasteiger partial charge < -0.3 is 15.0 Å². The topological polar surface area (TPSA) is 58.6 Å². The summed E-state index contributed by atoms with van der Waals surface area (Å²) in [6.45, 7) is 4.41. The fraction of sp³-hybridized carbons (Fsp3) is 0.200. The van der Waals surface area contributed by atoms with E-state index in [2.05, 4.69) is 12.2 Å². The number of benzene rings is 3. The number of hydrogen-bond donors (Lipinski definition) is 1. The van der Waals surface area contributed by atoms with Crippen LogP contribution in [0.4, 0.5) is 11.4 Å². The first kappa shape index (κ1) is 21.0. The van der Waals surface area contributed by atoms with Gasteiger partial charge in [-0.2, -0.15) is 0 Å². The van der Waals surface area contributed by atoms with Crippen LogP contribution in [-0.2, 0) is 4.79 Å². The first-order valence-electron chi connectivity index (χ1n) is 10.3. The van der Waals surface area contributed by atoms with Crippen LogP contribution in [0.25, 0.3) is 0 Å². The van der Waals surface area contributed by atoms with Crippen molar-refractivity contribution in [2.75, 3.05) is 16.8 Å². The zero-order valence-electron chi connectivity index (χ0n) is 17.5. The molecule has 1 aliphatic rings. The summed E-state index contributed by atoms with van der Waals surface area (Å²) in [6.07, 6.45) is 0.206. The van der Waals surface area contributed by atoms with Gasteiger partial charge in [0.2, 0.25) is 0 Å². The maximum absolute atomic E-state index is 13.1. The molecule has 1 heterocycles. The van der Waals surface area contributed by atoms with E-state index in [4.69, 9.17) is 4.74 Å². The van der Waals surface area contributed by atoms with Gasteiger partial charge in [-0.1, -0.05) is 49.0 Å². The highest BCUT2D eigenvalue weighted by Crippen LogP contribution is 2.42. The number of para-hydroxylation sites is 1. The summed E-state index contributed by atoms with van der Waals surface area (Å²) in [5.74, 6) is 0.419. The fourth-order valence-electron chi connectivity index (χ4n) is 3.45. The molecule has 0 unspecified atom stereocenters. The van der Waals surface area contributed by atoms with E-state index in [1.165, 1.54) is 0 Å². The molecule has 0 aliphatic carbocycles. The Morgan fingerprint density at radius 1 is 1.03 bits per heavy atom. The summed E-state index contributed by atoms with van der Waals surface area (Å²) in [5, 5.41) is 2.93. The number of rotatable bonds is 6. The molecule has 0 fully saturated rings. The van der Waals surface area contributed by atoms with Crippen LogP contribution in [0.2, 0.25) is 0 Å². The first-order chi connectivity index (χ1) is 15.1. The summed E-state index contributed by atoms with van der Waals surface area (Å²) < 4.78 is 5.72. The molecule has 2 amide bonds. The Hall–Kier alpha value is -3.25. The van der Waals surface area contributed by atoms with Crippen LogP contribution in [0.1, 0.15) is 30.6 Å². The number of carbonyl (C=O) groups is 2. The second-order valence-corrected chi connectivity index (χ2v) is 8.38. The van der Waals surface area contributed by atoms with E-state index in [1.54, 1.807) is 18.7 Å². The lowest BCUT2D eigenvalue weighted by Gasteiger charge is -2.23. The average molecular weight is 433 g/mol. The zero-order valence-corrected chi connectivity index (χ0v) is 18.3. The lowest BCUT2D eigenvalue weighted by atomic mass is 10.1. The van der Waals surface area contributed by atoms with Gasteiger partial charge in [0.25, 0.3) is 11.8 Å². The Balaban J connectivity index is 1.58. The maximum atomic E-state index is 13.1. The molecule has 0 radical (unpaired) electrons. The van der Waals surface area contributed by atoms with Crippen LogP contribution < -0.4 is 15.0 Å². The van der Waals surface area contributed by atoms with E-state index in [0.29, 0.717) is 23.5 Å². The molecule has 31 heavy (non-hydrogen) atoms. The van der Waals surface area contributed by atoms with Gasteiger partial charge >= 0.3 is 0 Å². The highest BCUT2D eigenvalue weighted by Gasteiger charge is 2.27. The molecule has 0 spiro atoms. The molecule has 3 aromatic carbocycles. The molecule has 0 saturated carbocycles. The van der Waals surface area contributed by atoms with Gasteiger partial charge in [-0.15, -0.1) is 0 Å². The zero-order chi connectivity index (χ0) is 21.8. The minimum absolute atomic E-state index is 0.00497. The Morgan fingerprint density at radius 2 is 1.77 bits per heavy atom. The normalized spacial score (nSPS) is 13.6. The molecule has 4 rings (SSSR count). The number of nitrogens with one attached hydrogen (secondary N) is 1. The number of anilines is 2. The van der Waals surface area contributed by atoms with Crippen LogP contribution in [0, 0.1) is 0 Å². The highest BCUT2D eigenvalue weighted by molar-refractivity contribution is 7.99. The number of fused-ring (bicyclic) bond motifs is 2. The van der Waals surface area contributed by atoms with Crippen molar-refractivity contribution in [1.29, 1.82) is 0 Å². The minimum Gasteiger partial charge on any atom is -0.481 e. The van der Waals surface area contributed by atoms with Crippen molar-refractivity contribution in [2.24, 2.45) is 0 Å². The van der Waals surface area contributed by atoms with Crippen LogP contribution in [0.15, 0.2) is 82.6 Å². The van der Waals surface area contributed by atoms with Crippen LogP contribution in [0.5, 0.6) is 5.75 Å². The van der Waals surface area contributed by atoms with Crippen LogP contribution in [0.3, 0.4) is 0 Å². The van der Waals surface area contributed by atoms with Gasteiger partial charge in [0.05, 0.1) is 11.3 Å². The van der Waals surface area contributed by atoms with Crippen LogP contribution >= 0.6 is 11.8 Å². The van der Waals surface area contributed by atoms with Crippen LogP contribution in [-0.4, -0.2) is 24.5 Å². The lowest BCUT2D eigenvalue weighted by Crippen LogP contribution is -2.32. The smallest absolute Gasteiger partial charge is 0.265 e. The summed E-state index contributed by atoms with van der Waals surface area (Å²) in [4.78, 5) is 29.5. The number of ether oxygens (including phenoxy) is 1. The summed E-state index contributed by atoms with van der Waals surface area (Å²) in [7, 11) is 0. The SMILES string of the molecule is CCCN1C(=O)c2ccccc2Sc2cc(NC(=O)[C@@H](C)Oc3ccccc3)ccc21. The molecular weight excluding hydrogens is 408 g/mol. The first-order valence-corrected chi connectivity index (χ1v) is 11.1. The minimum atomic E-state index is -0.646. The van der Waals surface area contributed by atoms with Crippen molar-refractivity contribution in [2.45, 2.75) is 36.2 Å². The van der Waals surface area contributed by atoms with Gasteiger partial charge in [0.15, 0.2) is 6.10 Å². The van der Waals surface area contributed by atoms with Crippen molar-refractivity contribution in [3.8, 4) is 5.75 Å². The van der Waals surface area contributed by atoms with Gasteiger partial charge in [-0.05, 0) is 55.8 Å². The second-order valence-electron chi connectivity index (χ2n) is 7.30. The predicted molar refractivity (Wildman–Crippen MR) is 124 cm³/mol. The quantitative estimate of drug-likeness (QED) is 0.550. The lowest BCUT2D eigenvalue weighted by molar-refractivity contribution is -0.122. The Labute approximate surface area is 186 Å². The van der Waals surface area contributed by atoms with E-state index in [-0.39, 0.29) is 11.8 Å². The monoisotopic (exact) mass is 432 g/mol. The Morgan fingerprint density at radius 3 is 2.55 bits per heavy atom. The van der Waals surface area contributed by atoms with E-state index in [1.807, 2.05) is 77.7 Å². The van der Waals surface area contributed by atoms with Crippen molar-refractivity contribution in [3.63, 3.8) is 0 Å². The van der Waals surface area contributed by atoms with Crippen molar-refractivity contribution >= 4 is 35.0 Å². The summed E-state index contributed by atoms with van der Waals surface area (Å²) in [5.41, 5.74) is 2.23. The van der Waals surface area contributed by atoms with Crippen molar-refractivity contribution in [1.82, 2.24) is 0 Å². The molecule has 0 saturated heterocycles. The average Bonchev–Trinajstić information content (AvgIpc) is 2.89. The molecule has 0 bridgehead atoms. The predicted octanol–water partition coefficient (Wildman–Crippen LogP) is 5.61. The largest absolute Gasteiger partial charge is 0.481 e. The highest BCUT2D eigenvalue weighted by atomic mass is 32.2. The third-order valence-corrected chi connectivity index (χ3v) is 6.10. The molecule has 158 valence electrons. The molecule has 3 aromatic rings. The van der Waals surface area contributed by atoms with Crippen molar-refractivity contribution < 1.29 is 14.3 Å². The standard InChI is InChI=1S/C25H24N2O3S/c1-3-15-27-21-14-13-18(26-24(28)17(2)30-19-9-5-4-6-10-19)16-23(21)31-22-12-8-7-11-20(22)25(27)29/h4-14,16-17H,3,15H2,1-2H3,(H,26,28)/t17-/m1/s1. The van der Waals surface area contributed by atoms with E-state index >= 15 is 0 Å². The maximum Gasteiger partial charge on any atom is 0.265 e. The molecule has 1 atom stereocenters. The van der Waals surface area contributed by atoms with E-state index in [9.17, 15) is 9.59 Å². The molecule has 0 aromatic heterocycles. The van der Waals surface area contributed by atoms with Gasteiger partial charge in [0.1, 0.15) is 5.75 Å². The van der Waals surface area contributed by atoms with Gasteiger partial charge in [-0.3, -0.25) is 9.59 Å². The molecule has 5 nitrogen and oxygen atoms in total. The van der Waals surface area contributed by atoms with Crippen molar-refractivity contribution in [3.05, 3.63) is 78.4 Å². The molecule has 6 heteroatoms. The summed E-state index contributed by atoms with van der Waals surface area (Å²) >= 11 is 1.54. The number of amides is 2. The number of carbonyl (C=O) groups excluding carboxylic acids is 2. The summed E-state index contributed by atoms with van der Waals surface area (Å²) in [6, 6.07) is 22.6. The molecule has 1 N–H and O–H groups in total. The van der Waals surface area contributed by atoms with E-state index < -0.39 is 6.10 Å². The Kier molecular flexibility index (Phi) is 6.28. The number of nitrogens with zero attached hydrogens (tertiary/aromatic N) is 1. The number of hydrogen-bond acceptors (Lipinski definition) is 4. The van der Waals surface area contributed by atoms with Gasteiger partial charge in [0, 0.05) is 22.0 Å². The molecular formula is C25H24N2O3S. The van der Waals surface area contributed by atoms with Gasteiger partial charge in [-0.25, -0.2) is 0 Å². The third kappa shape index (κ3) is 4.59. The third-order valence-electron chi connectivity index (χ3n) is 4.97.